The summed E-state index contributed by atoms with van der Waals surface area (Å²) in [4.78, 5) is 0. The van der Waals surface area contributed by atoms with E-state index in [-0.39, 0.29) is 12.1 Å². The van der Waals surface area contributed by atoms with Gasteiger partial charge in [-0.25, -0.2) is 8.42 Å². The Labute approximate surface area is 140 Å². The quantitative estimate of drug-likeness (QED) is 0.803. The molecule has 7 heteroatoms. The molecular formula is C14H23BrN2O2S2. The Balaban J connectivity index is 2.24. The lowest BCUT2D eigenvalue weighted by atomic mass is 9.99. The van der Waals surface area contributed by atoms with Crippen LogP contribution in [-0.4, -0.2) is 37.9 Å². The molecule has 0 spiro atoms. The highest BCUT2D eigenvalue weighted by atomic mass is 79.9. The van der Waals surface area contributed by atoms with Gasteiger partial charge in [0.1, 0.15) is 4.21 Å². The smallest absolute Gasteiger partial charge is 0.254 e. The summed E-state index contributed by atoms with van der Waals surface area (Å²) in [6.45, 7) is 5.76. The molecule has 1 saturated heterocycles. The molecule has 1 N–H and O–H groups in total. The third kappa shape index (κ3) is 3.88. The van der Waals surface area contributed by atoms with Crippen molar-refractivity contribution in [2.24, 2.45) is 0 Å². The summed E-state index contributed by atoms with van der Waals surface area (Å²) in [5, 5.41) is 5.26. The summed E-state index contributed by atoms with van der Waals surface area (Å²) < 4.78 is 28.7. The molecule has 2 rings (SSSR count). The van der Waals surface area contributed by atoms with Gasteiger partial charge >= 0.3 is 0 Å². The third-order valence-corrected chi connectivity index (χ3v) is 8.49. The van der Waals surface area contributed by atoms with E-state index in [2.05, 4.69) is 35.1 Å². The number of thiophene rings is 1. The van der Waals surface area contributed by atoms with E-state index in [9.17, 15) is 8.42 Å². The highest BCUT2D eigenvalue weighted by Gasteiger charge is 2.37. The number of nitrogens with one attached hydrogen (secondary N) is 1. The third-order valence-electron chi connectivity index (χ3n) is 3.92. The molecule has 0 bridgehead atoms. The molecule has 1 aliphatic heterocycles. The van der Waals surface area contributed by atoms with E-state index >= 15 is 0 Å². The summed E-state index contributed by atoms with van der Waals surface area (Å²) in [5.41, 5.74) is 0. The van der Waals surface area contributed by atoms with Gasteiger partial charge in [-0.3, -0.25) is 0 Å². The molecule has 1 fully saturated rings. The van der Waals surface area contributed by atoms with Gasteiger partial charge in [0.15, 0.2) is 0 Å². The van der Waals surface area contributed by atoms with Crippen LogP contribution in [0.1, 0.15) is 39.5 Å². The van der Waals surface area contributed by atoms with E-state index in [4.69, 9.17) is 0 Å². The first-order chi connectivity index (χ1) is 9.98. The van der Waals surface area contributed by atoms with Gasteiger partial charge in [-0.05, 0) is 60.1 Å². The van der Waals surface area contributed by atoms with E-state index < -0.39 is 10.0 Å². The summed E-state index contributed by atoms with van der Waals surface area (Å²) in [6.07, 6.45) is 4.03. The minimum absolute atomic E-state index is 0.0456. The predicted octanol–water partition coefficient (Wildman–Crippen LogP) is 3.44. The fourth-order valence-corrected chi connectivity index (χ4v) is 7.00. The number of hydrogen-bond acceptors (Lipinski definition) is 4. The maximum Gasteiger partial charge on any atom is 0.254 e. The second kappa shape index (κ2) is 7.55. The molecule has 1 aliphatic rings. The lowest BCUT2D eigenvalue weighted by Gasteiger charge is -2.38. The van der Waals surface area contributed by atoms with Crippen LogP contribution in [0.3, 0.4) is 0 Å². The van der Waals surface area contributed by atoms with Gasteiger partial charge in [0.2, 0.25) is 0 Å². The zero-order valence-corrected chi connectivity index (χ0v) is 15.7. The molecule has 0 saturated carbocycles. The molecule has 0 aromatic carbocycles. The molecule has 4 nitrogen and oxygen atoms in total. The SMILES string of the molecule is CCCNC(C)C1CCCCN1S(=O)(=O)c1sccc1Br. The lowest BCUT2D eigenvalue weighted by Crippen LogP contribution is -2.53. The fraction of sp³-hybridized carbons (Fsp3) is 0.714. The van der Waals surface area contributed by atoms with Crippen LogP contribution in [-0.2, 0) is 10.0 Å². The standard InChI is InChI=1S/C14H23BrN2O2S2/c1-3-8-16-11(2)13-6-4-5-9-17(13)21(18,19)14-12(15)7-10-20-14/h7,10-11,13,16H,3-6,8-9H2,1-2H3. The topological polar surface area (TPSA) is 49.4 Å². The van der Waals surface area contributed by atoms with Crippen molar-refractivity contribution in [3.8, 4) is 0 Å². The monoisotopic (exact) mass is 394 g/mol. The Bertz CT molecular complexity index is 559. The van der Waals surface area contributed by atoms with Crippen molar-refractivity contribution in [2.75, 3.05) is 13.1 Å². The molecule has 21 heavy (non-hydrogen) atoms. The Morgan fingerprint density at radius 3 is 2.90 bits per heavy atom. The summed E-state index contributed by atoms with van der Waals surface area (Å²) in [5.74, 6) is 0. The van der Waals surface area contributed by atoms with Crippen LogP contribution in [0.25, 0.3) is 0 Å². The van der Waals surface area contributed by atoms with E-state index in [0.717, 1.165) is 32.2 Å². The molecule has 2 unspecified atom stereocenters. The van der Waals surface area contributed by atoms with Crippen LogP contribution in [0.4, 0.5) is 0 Å². The maximum absolute atomic E-state index is 12.9. The second-order valence-corrected chi connectivity index (χ2v) is 9.33. The van der Waals surface area contributed by atoms with Crippen LogP contribution in [0, 0.1) is 0 Å². The van der Waals surface area contributed by atoms with E-state index in [1.54, 1.807) is 10.4 Å². The second-order valence-electron chi connectivity index (χ2n) is 5.48. The molecule has 1 aromatic rings. The zero-order chi connectivity index (χ0) is 15.5. The highest BCUT2D eigenvalue weighted by Crippen LogP contribution is 2.34. The number of halogens is 1. The summed E-state index contributed by atoms with van der Waals surface area (Å²) in [6, 6.07) is 2.03. The molecule has 1 aromatic heterocycles. The Morgan fingerprint density at radius 2 is 2.29 bits per heavy atom. The van der Waals surface area contributed by atoms with Gasteiger partial charge in [0.05, 0.1) is 0 Å². The average molecular weight is 395 g/mol. The maximum atomic E-state index is 12.9. The van der Waals surface area contributed by atoms with Crippen molar-refractivity contribution in [1.29, 1.82) is 0 Å². The Kier molecular flexibility index (Phi) is 6.25. The van der Waals surface area contributed by atoms with Crippen LogP contribution in [0.5, 0.6) is 0 Å². The average Bonchev–Trinajstić information content (AvgIpc) is 2.91. The number of sulfonamides is 1. The first-order valence-electron chi connectivity index (χ1n) is 7.46. The lowest BCUT2D eigenvalue weighted by molar-refractivity contribution is 0.209. The minimum atomic E-state index is -3.40. The van der Waals surface area contributed by atoms with Crippen molar-refractivity contribution in [2.45, 2.75) is 55.8 Å². The minimum Gasteiger partial charge on any atom is -0.313 e. The van der Waals surface area contributed by atoms with Crippen molar-refractivity contribution in [3.63, 3.8) is 0 Å². The van der Waals surface area contributed by atoms with Crippen molar-refractivity contribution < 1.29 is 8.42 Å². The highest BCUT2D eigenvalue weighted by molar-refractivity contribution is 9.10. The van der Waals surface area contributed by atoms with Gasteiger partial charge in [-0.1, -0.05) is 13.3 Å². The van der Waals surface area contributed by atoms with Crippen LogP contribution in [0.15, 0.2) is 20.1 Å². The van der Waals surface area contributed by atoms with Gasteiger partial charge in [0, 0.05) is 23.1 Å². The number of piperidine rings is 1. The molecule has 0 amide bonds. The largest absolute Gasteiger partial charge is 0.313 e. The summed E-state index contributed by atoms with van der Waals surface area (Å²) >= 11 is 4.64. The molecule has 2 heterocycles. The Morgan fingerprint density at radius 1 is 1.52 bits per heavy atom. The number of hydrogen-bond donors (Lipinski definition) is 1. The first-order valence-corrected chi connectivity index (χ1v) is 10.6. The van der Waals surface area contributed by atoms with Gasteiger partial charge < -0.3 is 5.32 Å². The first kappa shape index (κ1) is 17.4. The molecule has 0 aliphatic carbocycles. The molecule has 2 atom stereocenters. The van der Waals surface area contributed by atoms with E-state index in [1.165, 1.54) is 11.3 Å². The number of rotatable bonds is 6. The normalized spacial score (nSPS) is 22.3. The fourth-order valence-electron chi connectivity index (χ4n) is 2.81. The van der Waals surface area contributed by atoms with Crippen LogP contribution >= 0.6 is 27.3 Å². The van der Waals surface area contributed by atoms with Crippen LogP contribution < -0.4 is 5.32 Å². The van der Waals surface area contributed by atoms with Gasteiger partial charge in [-0.2, -0.15) is 4.31 Å². The van der Waals surface area contributed by atoms with E-state index in [1.807, 2.05) is 5.38 Å². The van der Waals surface area contributed by atoms with Crippen molar-refractivity contribution >= 4 is 37.3 Å². The van der Waals surface area contributed by atoms with Crippen LogP contribution in [0.2, 0.25) is 0 Å². The molecular weight excluding hydrogens is 372 g/mol. The molecule has 0 radical (unpaired) electrons. The van der Waals surface area contributed by atoms with Gasteiger partial charge in [-0.15, -0.1) is 11.3 Å². The Hall–Kier alpha value is 0.0500. The zero-order valence-electron chi connectivity index (χ0n) is 12.5. The summed E-state index contributed by atoms with van der Waals surface area (Å²) in [7, 11) is -3.40. The molecule has 120 valence electrons. The van der Waals surface area contributed by atoms with Crippen molar-refractivity contribution in [3.05, 3.63) is 15.9 Å². The number of nitrogens with zero attached hydrogens (tertiary/aromatic N) is 1. The van der Waals surface area contributed by atoms with E-state index in [0.29, 0.717) is 15.2 Å². The van der Waals surface area contributed by atoms with Gasteiger partial charge in [0.25, 0.3) is 10.0 Å². The predicted molar refractivity (Wildman–Crippen MR) is 91.3 cm³/mol. The van der Waals surface area contributed by atoms with Crippen molar-refractivity contribution in [1.82, 2.24) is 9.62 Å².